The first-order valence-corrected chi connectivity index (χ1v) is 9.98. The summed E-state index contributed by atoms with van der Waals surface area (Å²) in [6.45, 7) is 3.98. The molecule has 0 aliphatic carbocycles. The molecule has 1 aromatic carbocycles. The minimum atomic E-state index is 0. The van der Waals surface area contributed by atoms with Crippen molar-refractivity contribution in [1.82, 2.24) is 10.2 Å². The minimum absolute atomic E-state index is 0. The van der Waals surface area contributed by atoms with Gasteiger partial charge in [0.25, 0.3) is 0 Å². The maximum absolute atomic E-state index is 12.5. The Morgan fingerprint density at radius 1 is 1.18 bits per heavy atom. The Labute approximate surface area is 174 Å². The normalized spacial score (nSPS) is 20.4. The quantitative estimate of drug-likeness (QED) is 0.746. The summed E-state index contributed by atoms with van der Waals surface area (Å²) in [7, 11) is 3.36. The fraction of sp³-hybridized carbons (Fsp3) is 0.667. The van der Waals surface area contributed by atoms with Gasteiger partial charge in [0.2, 0.25) is 5.91 Å². The number of rotatable bonds is 7. The highest BCUT2D eigenvalue weighted by molar-refractivity contribution is 5.85. The zero-order valence-corrected chi connectivity index (χ0v) is 17.8. The highest BCUT2D eigenvalue weighted by Crippen LogP contribution is 2.27. The lowest BCUT2D eigenvalue weighted by atomic mass is 9.90. The molecule has 6 nitrogen and oxygen atoms in total. The molecule has 0 bridgehead atoms. The summed E-state index contributed by atoms with van der Waals surface area (Å²) in [5, 5.41) is 3.36. The highest BCUT2D eigenvalue weighted by atomic mass is 35.5. The van der Waals surface area contributed by atoms with Crippen LogP contribution in [0.1, 0.15) is 31.2 Å². The molecule has 2 fully saturated rings. The Bertz CT molecular complexity index is 592. The largest absolute Gasteiger partial charge is 0.497 e. The molecule has 2 saturated heterocycles. The van der Waals surface area contributed by atoms with Gasteiger partial charge in [0, 0.05) is 38.2 Å². The van der Waals surface area contributed by atoms with E-state index in [0.29, 0.717) is 18.9 Å². The van der Waals surface area contributed by atoms with Crippen molar-refractivity contribution in [3.63, 3.8) is 0 Å². The molecule has 7 heteroatoms. The number of likely N-dealkylation sites (tertiary alicyclic amines) is 1. The van der Waals surface area contributed by atoms with Gasteiger partial charge >= 0.3 is 0 Å². The number of amides is 1. The van der Waals surface area contributed by atoms with Crippen molar-refractivity contribution in [2.45, 2.75) is 38.1 Å². The smallest absolute Gasteiger partial charge is 0.224 e. The second kappa shape index (κ2) is 11.5. The first kappa shape index (κ1) is 22.8. The topological polar surface area (TPSA) is 60.0 Å². The van der Waals surface area contributed by atoms with Crippen LogP contribution in [0.3, 0.4) is 0 Å². The van der Waals surface area contributed by atoms with Crippen LogP contribution in [0.5, 0.6) is 11.5 Å². The number of morpholine rings is 1. The second-order valence-corrected chi connectivity index (χ2v) is 7.51. The van der Waals surface area contributed by atoms with Gasteiger partial charge in [0.1, 0.15) is 11.5 Å². The SMILES string of the molecule is COc1cc(CCC2CCN(C(=O)CC3COCCN3)CC2)cc(OC)c1.Cl. The number of nitrogens with zero attached hydrogens (tertiary/aromatic N) is 1. The zero-order chi connectivity index (χ0) is 19.1. The minimum Gasteiger partial charge on any atom is -0.497 e. The van der Waals surface area contributed by atoms with Gasteiger partial charge < -0.3 is 24.4 Å². The average Bonchev–Trinajstić information content (AvgIpc) is 2.73. The van der Waals surface area contributed by atoms with Gasteiger partial charge in [0.15, 0.2) is 0 Å². The van der Waals surface area contributed by atoms with Crippen LogP contribution in [0.4, 0.5) is 0 Å². The van der Waals surface area contributed by atoms with Gasteiger partial charge in [-0.05, 0) is 49.3 Å². The lowest BCUT2D eigenvalue weighted by Crippen LogP contribution is -2.46. The van der Waals surface area contributed by atoms with E-state index in [9.17, 15) is 4.79 Å². The molecule has 2 aliphatic heterocycles. The molecule has 1 aromatic rings. The van der Waals surface area contributed by atoms with Crippen molar-refractivity contribution in [2.75, 3.05) is 47.1 Å². The molecule has 3 rings (SSSR count). The summed E-state index contributed by atoms with van der Waals surface area (Å²) in [5.74, 6) is 2.60. The number of nitrogens with one attached hydrogen (secondary N) is 1. The molecule has 2 heterocycles. The standard InChI is InChI=1S/C21H32N2O4.ClH/c1-25-19-11-17(12-20(14-19)26-2)4-3-16-5-8-23(9-6-16)21(24)13-18-15-27-10-7-22-18;/h11-12,14,16,18,22H,3-10,13,15H2,1-2H3;1H. The fourth-order valence-corrected chi connectivity index (χ4v) is 3.94. The van der Waals surface area contributed by atoms with Gasteiger partial charge in [-0.2, -0.15) is 0 Å². The molecule has 0 spiro atoms. The Morgan fingerprint density at radius 2 is 1.86 bits per heavy atom. The summed E-state index contributed by atoms with van der Waals surface area (Å²) in [4.78, 5) is 14.5. The van der Waals surface area contributed by atoms with Gasteiger partial charge in [-0.15, -0.1) is 12.4 Å². The number of piperidine rings is 1. The fourth-order valence-electron chi connectivity index (χ4n) is 3.94. The molecule has 0 saturated carbocycles. The first-order valence-electron chi connectivity index (χ1n) is 9.98. The number of hydrogen-bond acceptors (Lipinski definition) is 5. The van der Waals surface area contributed by atoms with Crippen molar-refractivity contribution < 1.29 is 19.0 Å². The number of carbonyl (C=O) groups is 1. The number of methoxy groups -OCH3 is 2. The third-order valence-corrected chi connectivity index (χ3v) is 5.64. The van der Waals surface area contributed by atoms with E-state index >= 15 is 0 Å². The predicted octanol–water partition coefficient (Wildman–Crippen LogP) is 2.68. The van der Waals surface area contributed by atoms with Crippen molar-refractivity contribution in [3.05, 3.63) is 23.8 Å². The molecule has 2 aliphatic rings. The first-order chi connectivity index (χ1) is 13.2. The lowest BCUT2D eigenvalue weighted by molar-refractivity contribution is -0.133. The number of ether oxygens (including phenoxy) is 3. The summed E-state index contributed by atoms with van der Waals surface area (Å²) < 4.78 is 16.2. The predicted molar refractivity (Wildman–Crippen MR) is 112 cm³/mol. The van der Waals surface area contributed by atoms with Crippen LogP contribution in [-0.4, -0.2) is 63.9 Å². The number of hydrogen-bond donors (Lipinski definition) is 1. The summed E-state index contributed by atoms with van der Waals surface area (Å²) in [6, 6.07) is 6.24. The molecular formula is C21H33ClN2O4. The molecule has 1 atom stereocenters. The molecular weight excluding hydrogens is 380 g/mol. The number of aryl methyl sites for hydroxylation is 1. The Hall–Kier alpha value is -1.50. The van der Waals surface area contributed by atoms with E-state index < -0.39 is 0 Å². The maximum Gasteiger partial charge on any atom is 0.224 e. The Morgan fingerprint density at radius 3 is 2.43 bits per heavy atom. The number of benzene rings is 1. The van der Waals surface area contributed by atoms with Crippen LogP contribution < -0.4 is 14.8 Å². The van der Waals surface area contributed by atoms with E-state index in [-0.39, 0.29) is 24.4 Å². The van der Waals surface area contributed by atoms with Crippen molar-refractivity contribution >= 4 is 18.3 Å². The molecule has 158 valence electrons. The second-order valence-electron chi connectivity index (χ2n) is 7.51. The number of carbonyl (C=O) groups excluding carboxylic acids is 1. The van der Waals surface area contributed by atoms with Crippen LogP contribution in [0.2, 0.25) is 0 Å². The highest BCUT2D eigenvalue weighted by Gasteiger charge is 2.25. The van der Waals surface area contributed by atoms with Crippen molar-refractivity contribution in [2.24, 2.45) is 5.92 Å². The van der Waals surface area contributed by atoms with Crippen LogP contribution in [0.15, 0.2) is 18.2 Å². The molecule has 1 N–H and O–H groups in total. The van der Waals surface area contributed by atoms with Gasteiger partial charge in [-0.1, -0.05) is 0 Å². The lowest BCUT2D eigenvalue weighted by Gasteiger charge is -2.33. The third-order valence-electron chi connectivity index (χ3n) is 5.64. The summed E-state index contributed by atoms with van der Waals surface area (Å²) in [5.41, 5.74) is 1.24. The van der Waals surface area contributed by atoms with Crippen LogP contribution in [0.25, 0.3) is 0 Å². The zero-order valence-electron chi connectivity index (χ0n) is 16.9. The molecule has 28 heavy (non-hydrogen) atoms. The van der Waals surface area contributed by atoms with E-state index in [1.54, 1.807) is 14.2 Å². The summed E-state index contributed by atoms with van der Waals surface area (Å²) in [6.07, 6.45) is 4.86. The van der Waals surface area contributed by atoms with Crippen molar-refractivity contribution in [3.8, 4) is 11.5 Å². The van der Waals surface area contributed by atoms with E-state index in [1.807, 2.05) is 11.0 Å². The van der Waals surface area contributed by atoms with Gasteiger partial charge in [0.05, 0.1) is 27.4 Å². The maximum atomic E-state index is 12.5. The molecule has 0 aromatic heterocycles. The molecule has 0 radical (unpaired) electrons. The summed E-state index contributed by atoms with van der Waals surface area (Å²) >= 11 is 0. The van der Waals surface area contributed by atoms with E-state index in [2.05, 4.69) is 17.4 Å². The van der Waals surface area contributed by atoms with Crippen molar-refractivity contribution in [1.29, 1.82) is 0 Å². The van der Waals surface area contributed by atoms with E-state index in [1.165, 1.54) is 5.56 Å². The Balaban J connectivity index is 0.00000280. The van der Waals surface area contributed by atoms with Gasteiger partial charge in [-0.25, -0.2) is 0 Å². The third kappa shape index (κ3) is 6.54. The van der Waals surface area contributed by atoms with Crippen LogP contribution in [-0.2, 0) is 16.0 Å². The van der Waals surface area contributed by atoms with E-state index in [4.69, 9.17) is 14.2 Å². The number of halogens is 1. The van der Waals surface area contributed by atoms with Crippen LogP contribution >= 0.6 is 12.4 Å². The average molecular weight is 413 g/mol. The van der Waals surface area contributed by atoms with E-state index in [0.717, 1.165) is 63.4 Å². The Kier molecular flexibility index (Phi) is 9.35. The van der Waals surface area contributed by atoms with Crippen LogP contribution in [0, 0.1) is 5.92 Å². The van der Waals surface area contributed by atoms with Gasteiger partial charge in [-0.3, -0.25) is 4.79 Å². The monoisotopic (exact) mass is 412 g/mol. The molecule has 1 amide bonds. The molecule has 1 unspecified atom stereocenters.